The number of rotatable bonds is 5. The van der Waals surface area contributed by atoms with Crippen molar-refractivity contribution in [3.63, 3.8) is 0 Å². The van der Waals surface area contributed by atoms with Gasteiger partial charge in [0.05, 0.1) is 12.6 Å². The number of hydrogen-bond acceptors (Lipinski definition) is 2. The van der Waals surface area contributed by atoms with Crippen LogP contribution in [0.15, 0.2) is 78.9 Å². The Balaban J connectivity index is 0.000000189. The Hall–Kier alpha value is -2.56. The van der Waals surface area contributed by atoms with Crippen LogP contribution >= 0.6 is 0 Å². The second kappa shape index (κ2) is 12.9. The van der Waals surface area contributed by atoms with Crippen molar-refractivity contribution in [2.24, 2.45) is 0 Å². The largest absolute Gasteiger partial charge is 0.394 e. The zero-order chi connectivity index (χ0) is 24.5. The molecule has 5 rings (SSSR count). The number of aliphatic hydroxyl groups excluding tert-OH is 1. The van der Waals surface area contributed by atoms with Gasteiger partial charge in [0.25, 0.3) is 0 Å². The molecular formula is C31H37F2NO. The van der Waals surface area contributed by atoms with Crippen LogP contribution in [-0.2, 0) is 0 Å². The fourth-order valence-corrected chi connectivity index (χ4v) is 5.62. The fourth-order valence-electron chi connectivity index (χ4n) is 5.62. The van der Waals surface area contributed by atoms with Gasteiger partial charge in [-0.2, -0.15) is 0 Å². The molecule has 2 aliphatic rings. The molecule has 2 atom stereocenters. The van der Waals surface area contributed by atoms with Gasteiger partial charge in [-0.25, -0.2) is 8.78 Å². The number of benzene rings is 3. The van der Waals surface area contributed by atoms with E-state index in [1.165, 1.54) is 56.2 Å². The Morgan fingerprint density at radius 1 is 0.686 bits per heavy atom. The van der Waals surface area contributed by atoms with Crippen LogP contribution in [0.1, 0.15) is 86.1 Å². The Labute approximate surface area is 208 Å². The van der Waals surface area contributed by atoms with Crippen molar-refractivity contribution in [3.8, 4) is 0 Å². The van der Waals surface area contributed by atoms with Gasteiger partial charge in [0.2, 0.25) is 0 Å². The smallest absolute Gasteiger partial charge is 0.123 e. The third-order valence-electron chi connectivity index (χ3n) is 7.50. The highest BCUT2D eigenvalue weighted by molar-refractivity contribution is 5.24. The van der Waals surface area contributed by atoms with Gasteiger partial charge >= 0.3 is 0 Å². The molecule has 2 nitrogen and oxygen atoms in total. The summed E-state index contributed by atoms with van der Waals surface area (Å²) in [4.78, 5) is 2.37. The lowest BCUT2D eigenvalue weighted by Crippen LogP contribution is -2.38. The second-order valence-electron chi connectivity index (χ2n) is 9.80. The summed E-state index contributed by atoms with van der Waals surface area (Å²) >= 11 is 0. The zero-order valence-electron chi connectivity index (χ0n) is 20.5. The van der Waals surface area contributed by atoms with E-state index >= 15 is 0 Å². The number of piperidine rings is 1. The maximum Gasteiger partial charge on any atom is 0.123 e. The van der Waals surface area contributed by atoms with E-state index in [0.29, 0.717) is 5.92 Å². The Morgan fingerprint density at radius 3 is 1.86 bits per heavy atom. The molecule has 3 aromatic rings. The maximum absolute atomic E-state index is 13.2. The molecule has 1 aliphatic carbocycles. The topological polar surface area (TPSA) is 23.5 Å². The molecule has 1 saturated heterocycles. The zero-order valence-corrected chi connectivity index (χ0v) is 20.5. The summed E-state index contributed by atoms with van der Waals surface area (Å²) in [6, 6.07) is 24.2. The first kappa shape index (κ1) is 25.5. The quantitative estimate of drug-likeness (QED) is 0.403. The molecule has 35 heavy (non-hydrogen) atoms. The Bertz CT molecular complexity index is 1000. The number of nitrogens with zero attached hydrogens (tertiary/aromatic N) is 1. The van der Waals surface area contributed by atoms with Crippen molar-refractivity contribution in [1.82, 2.24) is 4.90 Å². The van der Waals surface area contributed by atoms with Gasteiger partial charge < -0.3 is 5.11 Å². The lowest BCUT2D eigenvalue weighted by atomic mass is 9.84. The summed E-state index contributed by atoms with van der Waals surface area (Å²) < 4.78 is 25.8. The minimum absolute atomic E-state index is 0.00319. The summed E-state index contributed by atoms with van der Waals surface area (Å²) in [5, 5.41) is 9.94. The number of hydrogen-bond donors (Lipinski definition) is 1. The summed E-state index contributed by atoms with van der Waals surface area (Å²) in [6.07, 6.45) is 9.97. The van der Waals surface area contributed by atoms with E-state index in [9.17, 15) is 13.9 Å². The first-order valence-corrected chi connectivity index (χ1v) is 13.1. The molecule has 0 bridgehead atoms. The van der Waals surface area contributed by atoms with Crippen LogP contribution in [0.5, 0.6) is 0 Å². The minimum atomic E-state index is -0.201. The molecule has 1 aliphatic heterocycles. The van der Waals surface area contributed by atoms with Crippen LogP contribution in [0.3, 0.4) is 0 Å². The van der Waals surface area contributed by atoms with Crippen LogP contribution in [0.25, 0.3) is 0 Å². The van der Waals surface area contributed by atoms with Crippen molar-refractivity contribution >= 4 is 0 Å². The molecule has 4 heteroatoms. The molecule has 2 fully saturated rings. The average molecular weight is 478 g/mol. The van der Waals surface area contributed by atoms with Crippen LogP contribution in [0.4, 0.5) is 8.78 Å². The van der Waals surface area contributed by atoms with Gasteiger partial charge in [0.15, 0.2) is 0 Å². The molecule has 3 aromatic carbocycles. The van der Waals surface area contributed by atoms with Crippen LogP contribution < -0.4 is 0 Å². The van der Waals surface area contributed by atoms with E-state index < -0.39 is 0 Å². The molecule has 1 heterocycles. The highest BCUT2D eigenvalue weighted by Crippen LogP contribution is 2.37. The highest BCUT2D eigenvalue weighted by Gasteiger charge is 2.30. The monoisotopic (exact) mass is 477 g/mol. The molecule has 0 aromatic heterocycles. The lowest BCUT2D eigenvalue weighted by Gasteiger charge is -2.41. The Kier molecular flexibility index (Phi) is 9.44. The van der Waals surface area contributed by atoms with Gasteiger partial charge in [-0.1, -0.05) is 80.3 Å². The molecule has 186 valence electrons. The molecule has 0 amide bonds. The van der Waals surface area contributed by atoms with Crippen molar-refractivity contribution in [3.05, 3.63) is 107 Å². The van der Waals surface area contributed by atoms with E-state index in [1.807, 2.05) is 42.5 Å². The third kappa shape index (κ3) is 6.99. The Morgan fingerprint density at radius 2 is 1.26 bits per heavy atom. The van der Waals surface area contributed by atoms with Crippen molar-refractivity contribution < 1.29 is 13.9 Å². The van der Waals surface area contributed by atoms with Gasteiger partial charge in [0, 0.05) is 6.04 Å². The van der Waals surface area contributed by atoms with E-state index in [1.54, 1.807) is 12.1 Å². The minimum Gasteiger partial charge on any atom is -0.394 e. The van der Waals surface area contributed by atoms with E-state index in [4.69, 9.17) is 0 Å². The number of likely N-dealkylation sites (tertiary alicyclic amines) is 1. The van der Waals surface area contributed by atoms with Gasteiger partial charge in [0.1, 0.15) is 11.6 Å². The summed E-state index contributed by atoms with van der Waals surface area (Å²) in [6.45, 7) is 1.06. The summed E-state index contributed by atoms with van der Waals surface area (Å²) in [7, 11) is 0. The van der Waals surface area contributed by atoms with Gasteiger partial charge in [-0.05, 0) is 79.1 Å². The van der Waals surface area contributed by atoms with Crippen LogP contribution in [-0.4, -0.2) is 23.2 Å². The molecule has 0 spiro atoms. The lowest BCUT2D eigenvalue weighted by molar-refractivity contribution is 0.0558. The molecule has 0 radical (unpaired) electrons. The van der Waals surface area contributed by atoms with Gasteiger partial charge in [-0.15, -0.1) is 0 Å². The van der Waals surface area contributed by atoms with E-state index in [-0.39, 0.29) is 30.3 Å². The van der Waals surface area contributed by atoms with E-state index in [2.05, 4.69) is 17.0 Å². The molecular weight excluding hydrogens is 440 g/mol. The number of aliphatic hydroxyl groups is 1. The van der Waals surface area contributed by atoms with Crippen LogP contribution in [0, 0.1) is 11.6 Å². The third-order valence-corrected chi connectivity index (χ3v) is 7.50. The summed E-state index contributed by atoms with van der Waals surface area (Å²) in [5.41, 5.74) is 3.59. The van der Waals surface area contributed by atoms with Crippen molar-refractivity contribution in [2.75, 3.05) is 13.2 Å². The molecule has 0 unspecified atom stereocenters. The van der Waals surface area contributed by atoms with Crippen LogP contribution in [0.2, 0.25) is 0 Å². The standard InChI is InChI=1S/C19H22FNO.C12H15F/c20-17-11-9-16(10-12-17)18-8-4-5-13-21(18)19(14-22)15-6-2-1-3-7-15;13-12-8-6-11(7-9-12)10-4-2-1-3-5-10/h1-3,6-7,9-12,18-19,22H,4-5,8,13-14H2;6-10H,1-5H2/t18-,19-;/m1./s1. The first-order valence-electron chi connectivity index (χ1n) is 13.1. The van der Waals surface area contributed by atoms with E-state index in [0.717, 1.165) is 30.5 Å². The first-order chi connectivity index (χ1) is 17.2. The van der Waals surface area contributed by atoms with Crippen molar-refractivity contribution in [1.29, 1.82) is 0 Å². The SMILES string of the molecule is Fc1ccc(C2CCCCC2)cc1.OC[C@H](c1ccccc1)N1CCCC[C@@H]1c1ccc(F)cc1. The van der Waals surface area contributed by atoms with Gasteiger partial charge in [-0.3, -0.25) is 4.90 Å². The normalized spacial score (nSPS) is 20.0. The second-order valence-corrected chi connectivity index (χ2v) is 9.80. The van der Waals surface area contributed by atoms with Crippen molar-refractivity contribution in [2.45, 2.75) is 69.4 Å². The maximum atomic E-state index is 13.2. The fraction of sp³-hybridized carbons (Fsp3) is 0.419. The summed E-state index contributed by atoms with van der Waals surface area (Å²) in [5.74, 6) is 0.363. The highest BCUT2D eigenvalue weighted by atomic mass is 19.1. The molecule has 1 saturated carbocycles. The predicted molar refractivity (Wildman–Crippen MR) is 138 cm³/mol. The predicted octanol–water partition coefficient (Wildman–Crippen LogP) is 7.96. The molecule has 1 N–H and O–H groups in total. The number of halogens is 2. The average Bonchev–Trinajstić information content (AvgIpc) is 2.92.